The molecule has 0 aliphatic heterocycles. The molecule has 0 saturated heterocycles. The second kappa shape index (κ2) is 17.4. The van der Waals surface area contributed by atoms with Gasteiger partial charge in [-0.2, -0.15) is 5.26 Å². The van der Waals surface area contributed by atoms with Crippen LogP contribution < -0.4 is 0 Å². The molecule has 0 spiro atoms. The molecule has 374 valence electrons. The summed E-state index contributed by atoms with van der Waals surface area (Å²) in [5.41, 5.74) is 19.6. The van der Waals surface area contributed by atoms with Crippen molar-refractivity contribution in [3.8, 4) is 79.5 Å². The SMILES string of the molecule is CC1(C)c2ccccc2-c2ccc(-n3c4ccccc4c4c3ccc3c5ccccc5n(-c5ccc(-c6nc(-c7ccc8c(c7)c7ccccc7n8-c7ccccc7)nc(-c7ccccc7-c7ccccc7)n6)cc5C#N)c34)cc21. The molecule has 7 nitrogen and oxygen atoms in total. The van der Waals surface area contributed by atoms with E-state index < -0.39 is 0 Å². The number of rotatable bonds is 7. The smallest absolute Gasteiger partial charge is 0.164 e. The highest BCUT2D eigenvalue weighted by Gasteiger charge is 2.36. The molecule has 0 N–H and O–H groups in total. The lowest BCUT2D eigenvalue weighted by Crippen LogP contribution is -2.15. The molecule has 15 aromatic rings. The molecule has 0 unspecified atom stereocenters. The van der Waals surface area contributed by atoms with Crippen molar-refractivity contribution in [2.45, 2.75) is 19.3 Å². The minimum atomic E-state index is -0.156. The zero-order valence-electron chi connectivity index (χ0n) is 43.8. The van der Waals surface area contributed by atoms with Crippen molar-refractivity contribution in [1.29, 1.82) is 5.26 Å². The number of benzene rings is 11. The van der Waals surface area contributed by atoms with E-state index in [-0.39, 0.29) is 5.41 Å². The van der Waals surface area contributed by atoms with Crippen LogP contribution in [0.2, 0.25) is 0 Å². The lowest BCUT2D eigenvalue weighted by molar-refractivity contribution is 0.660. The first-order valence-corrected chi connectivity index (χ1v) is 27.2. The zero-order chi connectivity index (χ0) is 53.2. The number of para-hydroxylation sites is 4. The normalized spacial score (nSPS) is 12.7. The van der Waals surface area contributed by atoms with Gasteiger partial charge in [-0.15, -0.1) is 0 Å². The highest BCUT2D eigenvalue weighted by molar-refractivity contribution is 6.26. The minimum absolute atomic E-state index is 0.156. The van der Waals surface area contributed by atoms with Crippen LogP contribution in [-0.4, -0.2) is 28.7 Å². The van der Waals surface area contributed by atoms with Gasteiger partial charge in [0, 0.05) is 65.8 Å². The predicted octanol–water partition coefficient (Wildman–Crippen LogP) is 18.0. The predicted molar refractivity (Wildman–Crippen MR) is 327 cm³/mol. The Morgan fingerprint density at radius 1 is 0.350 bits per heavy atom. The second-order valence-corrected chi connectivity index (χ2v) is 21.4. The van der Waals surface area contributed by atoms with Crippen molar-refractivity contribution in [2.24, 2.45) is 0 Å². The van der Waals surface area contributed by atoms with Gasteiger partial charge in [0.05, 0.1) is 44.4 Å². The van der Waals surface area contributed by atoms with E-state index >= 15 is 0 Å². The fourth-order valence-corrected chi connectivity index (χ4v) is 13.1. The molecule has 0 amide bonds. The Morgan fingerprint density at radius 3 is 1.64 bits per heavy atom. The number of nitriles is 1. The lowest BCUT2D eigenvalue weighted by atomic mass is 9.82. The zero-order valence-corrected chi connectivity index (χ0v) is 43.8. The Hall–Kier alpha value is -10.7. The van der Waals surface area contributed by atoms with Crippen LogP contribution in [-0.2, 0) is 5.41 Å². The highest BCUT2D eigenvalue weighted by Crippen LogP contribution is 2.50. The van der Waals surface area contributed by atoms with E-state index in [1.807, 2.05) is 24.3 Å². The number of nitrogens with zero attached hydrogens (tertiary/aromatic N) is 7. The quantitative estimate of drug-likeness (QED) is 0.159. The first-order valence-electron chi connectivity index (χ1n) is 27.2. The molecular formula is C73H47N7. The summed E-state index contributed by atoms with van der Waals surface area (Å²) >= 11 is 0. The summed E-state index contributed by atoms with van der Waals surface area (Å²) < 4.78 is 7.04. The van der Waals surface area contributed by atoms with Crippen molar-refractivity contribution in [2.75, 3.05) is 0 Å². The first-order chi connectivity index (χ1) is 39.4. The van der Waals surface area contributed by atoms with Crippen LogP contribution in [0.15, 0.2) is 249 Å². The Morgan fingerprint density at radius 2 is 0.887 bits per heavy atom. The average Bonchev–Trinajstić information content (AvgIpc) is 4.30. The van der Waals surface area contributed by atoms with Gasteiger partial charge in [0.1, 0.15) is 6.07 Å². The Kier molecular flexibility index (Phi) is 9.91. The fraction of sp³-hybridized carbons (Fsp3) is 0.0411. The topological polar surface area (TPSA) is 77.2 Å². The maximum absolute atomic E-state index is 11.4. The highest BCUT2D eigenvalue weighted by atomic mass is 15.0. The first kappa shape index (κ1) is 45.5. The summed E-state index contributed by atoms with van der Waals surface area (Å²) in [5.74, 6) is 1.54. The molecule has 80 heavy (non-hydrogen) atoms. The number of aromatic nitrogens is 6. The van der Waals surface area contributed by atoms with Crippen molar-refractivity contribution >= 4 is 65.4 Å². The molecule has 4 heterocycles. The third-order valence-corrected chi connectivity index (χ3v) is 16.7. The van der Waals surface area contributed by atoms with Gasteiger partial charge in [0.2, 0.25) is 0 Å². The lowest BCUT2D eigenvalue weighted by Gasteiger charge is -2.22. The van der Waals surface area contributed by atoms with E-state index in [0.717, 1.165) is 105 Å². The van der Waals surface area contributed by atoms with E-state index in [9.17, 15) is 5.26 Å². The number of hydrogen-bond acceptors (Lipinski definition) is 4. The van der Waals surface area contributed by atoms with Gasteiger partial charge in [-0.1, -0.05) is 178 Å². The second-order valence-electron chi connectivity index (χ2n) is 21.4. The summed E-state index contributed by atoms with van der Waals surface area (Å²) in [6.07, 6.45) is 0. The van der Waals surface area contributed by atoms with Crippen LogP contribution in [0.25, 0.3) is 139 Å². The van der Waals surface area contributed by atoms with Crippen LogP contribution in [0.4, 0.5) is 0 Å². The molecule has 11 aromatic carbocycles. The minimum Gasteiger partial charge on any atom is -0.309 e. The van der Waals surface area contributed by atoms with Gasteiger partial charge in [-0.25, -0.2) is 15.0 Å². The maximum Gasteiger partial charge on any atom is 0.164 e. The van der Waals surface area contributed by atoms with Gasteiger partial charge in [-0.3, -0.25) is 0 Å². The van der Waals surface area contributed by atoms with Crippen molar-refractivity contribution in [1.82, 2.24) is 28.7 Å². The summed E-state index contributed by atoms with van der Waals surface area (Å²) in [4.78, 5) is 16.0. The monoisotopic (exact) mass is 1020 g/mol. The van der Waals surface area contributed by atoms with E-state index in [1.165, 1.54) is 22.3 Å². The van der Waals surface area contributed by atoms with Crippen LogP contribution in [0, 0.1) is 11.3 Å². The molecule has 0 saturated carbocycles. The van der Waals surface area contributed by atoms with Crippen molar-refractivity contribution < 1.29 is 0 Å². The molecule has 0 bridgehead atoms. The van der Waals surface area contributed by atoms with Gasteiger partial charge in [0.25, 0.3) is 0 Å². The van der Waals surface area contributed by atoms with E-state index in [4.69, 9.17) is 15.0 Å². The van der Waals surface area contributed by atoms with Gasteiger partial charge >= 0.3 is 0 Å². The molecule has 1 aliphatic carbocycles. The average molecular weight is 1020 g/mol. The molecule has 0 radical (unpaired) electrons. The molecule has 0 atom stereocenters. The van der Waals surface area contributed by atoms with Crippen LogP contribution >= 0.6 is 0 Å². The summed E-state index contributed by atoms with van der Waals surface area (Å²) in [7, 11) is 0. The maximum atomic E-state index is 11.4. The third kappa shape index (κ3) is 6.69. The van der Waals surface area contributed by atoms with E-state index in [1.54, 1.807) is 0 Å². The molecule has 0 fully saturated rings. The Bertz CT molecular complexity index is 5110. The van der Waals surface area contributed by atoms with Crippen LogP contribution in [0.5, 0.6) is 0 Å². The summed E-state index contributed by atoms with van der Waals surface area (Å²) in [5, 5.41) is 18.1. The van der Waals surface area contributed by atoms with Gasteiger partial charge in [0.15, 0.2) is 17.5 Å². The molecule has 1 aliphatic rings. The molecular weight excluding hydrogens is 975 g/mol. The molecule has 4 aromatic heterocycles. The number of fused-ring (bicyclic) bond motifs is 13. The van der Waals surface area contributed by atoms with Gasteiger partial charge < -0.3 is 13.7 Å². The van der Waals surface area contributed by atoms with E-state index in [2.05, 4.69) is 258 Å². The van der Waals surface area contributed by atoms with Crippen LogP contribution in [0.1, 0.15) is 30.5 Å². The van der Waals surface area contributed by atoms with Crippen molar-refractivity contribution in [3.05, 3.63) is 265 Å². The summed E-state index contributed by atoms with van der Waals surface area (Å²) in [6.45, 7) is 4.67. The fourth-order valence-electron chi connectivity index (χ4n) is 13.1. The van der Waals surface area contributed by atoms with E-state index in [0.29, 0.717) is 28.6 Å². The Labute approximate surface area is 461 Å². The molecule has 7 heteroatoms. The largest absolute Gasteiger partial charge is 0.309 e. The third-order valence-electron chi connectivity index (χ3n) is 16.7. The molecule has 16 rings (SSSR count). The van der Waals surface area contributed by atoms with Gasteiger partial charge in [-0.05, 0) is 118 Å². The summed E-state index contributed by atoms with van der Waals surface area (Å²) in [6, 6.07) is 90.5. The van der Waals surface area contributed by atoms with Crippen molar-refractivity contribution in [3.63, 3.8) is 0 Å². The Balaban J connectivity index is 0.897. The number of hydrogen-bond donors (Lipinski definition) is 0. The van der Waals surface area contributed by atoms with Crippen LogP contribution in [0.3, 0.4) is 0 Å². The standard InChI is InChI=1S/C73H47N7/c1-73(2)60-29-15-11-24-52(60)53-36-35-50(43-61(53)73)79-65-32-18-14-28-58(65)68-67(79)40-37-56-54-25-12-17-31-64(54)80(69(56)68)62-38-33-46(41-48(62)44-74)70-75-71(77-72(76-70)57-27-10-9-23-51(57)45-19-5-3-6-20-45)47-34-39-66-59(42-47)55-26-13-16-30-63(55)78(66)49-21-7-4-8-22-49/h3-43H,1-2H3.